The van der Waals surface area contributed by atoms with Gasteiger partial charge in [0.15, 0.2) is 0 Å². The molecule has 0 spiro atoms. The van der Waals surface area contributed by atoms with Crippen molar-refractivity contribution in [3.63, 3.8) is 0 Å². The van der Waals surface area contributed by atoms with E-state index in [9.17, 15) is 9.00 Å². The Balaban J connectivity index is 2.16. The fourth-order valence-electron chi connectivity index (χ4n) is 2.14. The molecule has 18 heavy (non-hydrogen) atoms. The van der Waals surface area contributed by atoms with Crippen molar-refractivity contribution in [1.29, 1.82) is 0 Å². The van der Waals surface area contributed by atoms with E-state index in [1.165, 1.54) is 6.42 Å². The summed E-state index contributed by atoms with van der Waals surface area (Å²) in [5.41, 5.74) is 0. The van der Waals surface area contributed by atoms with Crippen LogP contribution in [-0.4, -0.2) is 52.7 Å². The predicted octanol–water partition coefficient (Wildman–Crippen LogP) is 1.14. The molecule has 1 aliphatic rings. The number of likely N-dealkylation sites (tertiary alicyclic amines) is 1. The Morgan fingerprint density at radius 1 is 1.33 bits per heavy atom. The molecular weight excluding hydrogens is 248 g/mol. The summed E-state index contributed by atoms with van der Waals surface area (Å²) in [7, 11) is 0.943. The maximum atomic E-state index is 11.9. The van der Waals surface area contributed by atoms with Gasteiger partial charge in [-0.25, -0.2) is 0 Å². The molecular formula is C13H26N2O2S. The monoisotopic (exact) mass is 274 g/mol. The van der Waals surface area contributed by atoms with Crippen molar-refractivity contribution in [2.75, 3.05) is 31.6 Å². The molecule has 1 aliphatic heterocycles. The minimum atomic E-state index is -0.989. The van der Waals surface area contributed by atoms with E-state index in [0.29, 0.717) is 11.8 Å². The number of hydrogen-bond acceptors (Lipinski definition) is 3. The summed E-state index contributed by atoms with van der Waals surface area (Å²) in [6.07, 6.45) is 5.34. The quantitative estimate of drug-likeness (QED) is 0.757. The highest BCUT2D eigenvalue weighted by molar-refractivity contribution is 7.85. The minimum absolute atomic E-state index is 0.0784. The van der Waals surface area contributed by atoms with Crippen LogP contribution in [0, 0.1) is 0 Å². The summed E-state index contributed by atoms with van der Waals surface area (Å²) in [4.78, 5) is 13.8. The maximum Gasteiger partial charge on any atom is 0.235 e. The van der Waals surface area contributed by atoms with E-state index in [1.807, 2.05) is 11.9 Å². The van der Waals surface area contributed by atoms with E-state index < -0.39 is 10.8 Å². The van der Waals surface area contributed by atoms with Crippen LogP contribution in [0.25, 0.3) is 0 Å². The van der Waals surface area contributed by atoms with Crippen LogP contribution in [0.15, 0.2) is 0 Å². The smallest absolute Gasteiger partial charge is 0.235 e. The van der Waals surface area contributed by atoms with Gasteiger partial charge in [-0.3, -0.25) is 9.00 Å². The van der Waals surface area contributed by atoms with Gasteiger partial charge >= 0.3 is 0 Å². The molecule has 4 nitrogen and oxygen atoms in total. The first-order valence-corrected chi connectivity index (χ1v) is 8.42. The zero-order valence-electron chi connectivity index (χ0n) is 11.6. The van der Waals surface area contributed by atoms with Gasteiger partial charge in [0, 0.05) is 35.7 Å². The molecule has 2 unspecified atom stereocenters. The van der Waals surface area contributed by atoms with Crippen LogP contribution in [-0.2, 0) is 15.6 Å². The number of nitrogens with zero attached hydrogens (tertiary/aromatic N) is 1. The predicted molar refractivity (Wildman–Crippen MR) is 76.1 cm³/mol. The van der Waals surface area contributed by atoms with Crippen LogP contribution in [0.3, 0.4) is 0 Å². The molecule has 0 radical (unpaired) electrons. The average Bonchev–Trinajstić information content (AvgIpc) is 2.39. The summed E-state index contributed by atoms with van der Waals surface area (Å²) in [6.45, 7) is 3.82. The minimum Gasteiger partial charge on any atom is -0.342 e. The Morgan fingerprint density at radius 2 is 2.00 bits per heavy atom. The largest absolute Gasteiger partial charge is 0.342 e. The molecule has 1 rings (SSSR count). The lowest BCUT2D eigenvalue weighted by molar-refractivity contribution is -0.129. The summed E-state index contributed by atoms with van der Waals surface area (Å²) >= 11 is 0. The molecule has 0 aromatic heterocycles. The van der Waals surface area contributed by atoms with E-state index >= 15 is 0 Å². The van der Waals surface area contributed by atoms with Crippen molar-refractivity contribution in [3.8, 4) is 0 Å². The van der Waals surface area contributed by atoms with Crippen molar-refractivity contribution in [2.24, 2.45) is 0 Å². The SMILES string of the molecule is CNC(C)CCCS(=O)CC(=O)N1CCCCC1. The van der Waals surface area contributed by atoms with E-state index in [1.54, 1.807) is 0 Å². The highest BCUT2D eigenvalue weighted by Gasteiger charge is 2.18. The Morgan fingerprint density at radius 3 is 2.61 bits per heavy atom. The van der Waals surface area contributed by atoms with Gasteiger partial charge in [-0.05, 0) is 46.1 Å². The third-order valence-corrected chi connectivity index (χ3v) is 4.81. The second-order valence-electron chi connectivity index (χ2n) is 5.06. The van der Waals surface area contributed by atoms with Gasteiger partial charge in [0.1, 0.15) is 5.75 Å². The van der Waals surface area contributed by atoms with Crippen LogP contribution in [0.1, 0.15) is 39.0 Å². The molecule has 0 saturated carbocycles. The van der Waals surface area contributed by atoms with Crippen LogP contribution in [0.2, 0.25) is 0 Å². The lowest BCUT2D eigenvalue weighted by Gasteiger charge is -2.26. The molecule has 5 heteroatoms. The van der Waals surface area contributed by atoms with Gasteiger partial charge in [0.25, 0.3) is 0 Å². The first kappa shape index (κ1) is 15.6. The third kappa shape index (κ3) is 5.96. The number of rotatable bonds is 7. The molecule has 1 fully saturated rings. The summed E-state index contributed by atoms with van der Waals surface area (Å²) < 4.78 is 11.8. The van der Waals surface area contributed by atoms with Gasteiger partial charge in [0.2, 0.25) is 5.91 Å². The summed E-state index contributed by atoms with van der Waals surface area (Å²) in [5.74, 6) is 0.939. The van der Waals surface area contributed by atoms with Gasteiger partial charge in [0.05, 0.1) is 0 Å². The van der Waals surface area contributed by atoms with Gasteiger partial charge in [-0.1, -0.05) is 0 Å². The molecule has 1 heterocycles. The molecule has 0 aromatic rings. The molecule has 1 saturated heterocycles. The van der Waals surface area contributed by atoms with Gasteiger partial charge < -0.3 is 10.2 Å². The normalized spacial score (nSPS) is 19.6. The van der Waals surface area contributed by atoms with Crippen LogP contribution >= 0.6 is 0 Å². The summed E-state index contributed by atoms with van der Waals surface area (Å²) in [6, 6.07) is 0.458. The van der Waals surface area contributed by atoms with E-state index in [4.69, 9.17) is 0 Å². The Bertz CT molecular complexity index is 278. The van der Waals surface area contributed by atoms with Crippen molar-refractivity contribution in [2.45, 2.75) is 45.1 Å². The zero-order chi connectivity index (χ0) is 13.4. The number of nitrogens with one attached hydrogen (secondary N) is 1. The number of piperidine rings is 1. The van der Waals surface area contributed by atoms with Gasteiger partial charge in [-0.15, -0.1) is 0 Å². The maximum absolute atomic E-state index is 11.9. The van der Waals surface area contributed by atoms with Crippen LogP contribution in [0.4, 0.5) is 0 Å². The van der Waals surface area contributed by atoms with Crippen molar-refractivity contribution in [1.82, 2.24) is 10.2 Å². The van der Waals surface area contributed by atoms with Crippen molar-refractivity contribution in [3.05, 3.63) is 0 Å². The number of amides is 1. The average molecular weight is 274 g/mol. The molecule has 0 bridgehead atoms. The van der Waals surface area contributed by atoms with E-state index in [0.717, 1.165) is 38.8 Å². The van der Waals surface area contributed by atoms with E-state index in [2.05, 4.69) is 12.2 Å². The highest BCUT2D eigenvalue weighted by Crippen LogP contribution is 2.09. The molecule has 1 amide bonds. The second kappa shape index (κ2) is 8.64. The fraction of sp³-hybridized carbons (Fsp3) is 0.923. The van der Waals surface area contributed by atoms with Crippen LogP contribution < -0.4 is 5.32 Å². The highest BCUT2D eigenvalue weighted by atomic mass is 32.2. The lowest BCUT2D eigenvalue weighted by Crippen LogP contribution is -2.38. The van der Waals surface area contributed by atoms with Crippen molar-refractivity contribution >= 4 is 16.7 Å². The Kier molecular flexibility index (Phi) is 7.51. The first-order valence-electron chi connectivity index (χ1n) is 6.93. The Labute approximate surface area is 113 Å². The molecule has 0 aliphatic carbocycles. The molecule has 2 atom stereocenters. The molecule has 1 N–H and O–H groups in total. The standard InChI is InChI=1S/C13H26N2O2S/c1-12(14-2)7-6-10-18(17)11-13(16)15-8-4-3-5-9-15/h12,14H,3-11H2,1-2H3. The third-order valence-electron chi connectivity index (χ3n) is 3.50. The van der Waals surface area contributed by atoms with Crippen LogP contribution in [0.5, 0.6) is 0 Å². The Hall–Kier alpha value is -0.420. The zero-order valence-corrected chi connectivity index (χ0v) is 12.4. The summed E-state index contributed by atoms with van der Waals surface area (Å²) in [5, 5.41) is 3.16. The fourth-order valence-corrected chi connectivity index (χ4v) is 3.23. The number of hydrogen-bond donors (Lipinski definition) is 1. The van der Waals surface area contributed by atoms with Crippen molar-refractivity contribution < 1.29 is 9.00 Å². The van der Waals surface area contributed by atoms with E-state index in [-0.39, 0.29) is 11.7 Å². The first-order chi connectivity index (χ1) is 8.63. The number of carbonyl (C=O) groups excluding carboxylic acids is 1. The molecule has 0 aromatic carbocycles. The van der Waals surface area contributed by atoms with Gasteiger partial charge in [-0.2, -0.15) is 0 Å². The molecule has 106 valence electrons. The topological polar surface area (TPSA) is 49.4 Å². The number of carbonyl (C=O) groups is 1. The second-order valence-corrected chi connectivity index (χ2v) is 6.64. The lowest BCUT2D eigenvalue weighted by atomic mass is 10.1.